The highest BCUT2D eigenvalue weighted by Crippen LogP contribution is 2.33. The first-order valence-corrected chi connectivity index (χ1v) is 18.2. The number of imide groups is 2. The maximum Gasteiger partial charge on any atom is 0.338 e. The fourth-order valence-corrected chi connectivity index (χ4v) is 7.04. The van der Waals surface area contributed by atoms with Gasteiger partial charge in [-0.05, 0) is 84.9 Å². The molecule has 4 aromatic rings. The summed E-state index contributed by atoms with van der Waals surface area (Å²) in [6.07, 6.45) is 0. The Labute approximate surface area is 313 Å². The van der Waals surface area contributed by atoms with Crippen molar-refractivity contribution in [3.05, 3.63) is 118 Å². The number of nitrogens with zero attached hydrogens (tertiary/aromatic N) is 2. The first kappa shape index (κ1) is 38.6. The van der Waals surface area contributed by atoms with E-state index in [9.17, 15) is 37.2 Å². The van der Waals surface area contributed by atoms with Crippen molar-refractivity contribution in [1.82, 2.24) is 0 Å². The van der Waals surface area contributed by atoms with Gasteiger partial charge in [0.05, 0.1) is 94.2 Å². The number of fused-ring (bicyclic) bond motifs is 2. The molecule has 0 aliphatic carbocycles. The highest BCUT2D eigenvalue weighted by molar-refractivity contribution is 7.91. The van der Waals surface area contributed by atoms with Crippen LogP contribution in [0.15, 0.2) is 94.7 Å². The molecule has 0 spiro atoms. The standard InChI is InChI=1S/C38H32N2O14S/c41-13-15-51-17-19-53-37(47)23-1-11-29-31(21-23)35(45)39(33(29)43)25-3-7-27(8-4-25)55(49,50)28-9-5-26(6-10-28)40-34(44)30-12-2-24(22-32(30)36(40)46)38(48)54-20-18-52-16-14-42/h1-12,21-22,41-42H,13-20H2. The van der Waals surface area contributed by atoms with Gasteiger partial charge in [0.15, 0.2) is 0 Å². The molecule has 17 heteroatoms. The van der Waals surface area contributed by atoms with Crippen LogP contribution in [-0.2, 0) is 28.8 Å². The summed E-state index contributed by atoms with van der Waals surface area (Å²) in [5.74, 6) is -4.28. The molecule has 4 amide bonds. The van der Waals surface area contributed by atoms with E-state index in [0.29, 0.717) is 0 Å². The third-order valence-electron chi connectivity index (χ3n) is 8.45. The minimum absolute atomic E-state index is 0.0317. The van der Waals surface area contributed by atoms with Gasteiger partial charge in [-0.1, -0.05) is 0 Å². The number of hydrogen-bond donors (Lipinski definition) is 2. The molecule has 16 nitrogen and oxygen atoms in total. The highest BCUT2D eigenvalue weighted by atomic mass is 32.2. The van der Waals surface area contributed by atoms with Gasteiger partial charge >= 0.3 is 11.9 Å². The van der Waals surface area contributed by atoms with E-state index in [4.69, 9.17) is 29.2 Å². The lowest BCUT2D eigenvalue weighted by Gasteiger charge is -2.15. The summed E-state index contributed by atoms with van der Waals surface area (Å²) in [6, 6.07) is 17.9. The van der Waals surface area contributed by atoms with Crippen LogP contribution in [0.3, 0.4) is 0 Å². The number of anilines is 2. The topological polar surface area (TPSA) is 220 Å². The molecule has 0 aromatic heterocycles. The summed E-state index contributed by atoms with van der Waals surface area (Å²) in [5, 5.41) is 17.5. The van der Waals surface area contributed by atoms with Crippen LogP contribution in [0.2, 0.25) is 0 Å². The molecule has 0 unspecified atom stereocenters. The number of ether oxygens (including phenoxy) is 4. The Kier molecular flexibility index (Phi) is 11.6. The second-order valence-electron chi connectivity index (χ2n) is 11.8. The molecule has 2 N–H and O–H groups in total. The van der Waals surface area contributed by atoms with Crippen LogP contribution >= 0.6 is 0 Å². The summed E-state index contributed by atoms with van der Waals surface area (Å²) in [7, 11) is -4.16. The Morgan fingerprint density at radius 2 is 0.855 bits per heavy atom. The van der Waals surface area contributed by atoms with E-state index >= 15 is 0 Å². The number of sulfone groups is 1. The number of carbonyl (C=O) groups excluding carboxylic acids is 6. The van der Waals surface area contributed by atoms with Gasteiger partial charge in [0.1, 0.15) is 13.2 Å². The van der Waals surface area contributed by atoms with Crippen molar-refractivity contribution in [2.45, 2.75) is 9.79 Å². The SMILES string of the molecule is O=C(OCCOCCO)c1ccc2c(c1)C(=O)N(c1ccc(S(=O)(=O)c3ccc(N4C(=O)c5ccc(C(=O)OCCOCCO)cc5C4=O)cc3)cc1)C2=O. The van der Waals surface area contributed by atoms with E-state index in [-0.39, 0.29) is 107 Å². The highest BCUT2D eigenvalue weighted by Gasteiger charge is 2.39. The van der Waals surface area contributed by atoms with Crippen LogP contribution in [-0.4, -0.2) is 107 Å². The van der Waals surface area contributed by atoms with Crippen LogP contribution in [0.5, 0.6) is 0 Å². The molecular formula is C38H32N2O14S. The molecule has 284 valence electrons. The van der Waals surface area contributed by atoms with Gasteiger partial charge in [-0.15, -0.1) is 0 Å². The predicted octanol–water partition coefficient (Wildman–Crippen LogP) is 2.45. The Morgan fingerprint density at radius 3 is 1.22 bits per heavy atom. The molecule has 0 saturated carbocycles. The third-order valence-corrected chi connectivity index (χ3v) is 10.2. The number of rotatable bonds is 16. The van der Waals surface area contributed by atoms with Gasteiger partial charge in [-0.25, -0.2) is 27.8 Å². The maximum atomic E-state index is 13.5. The van der Waals surface area contributed by atoms with Gasteiger partial charge in [-0.3, -0.25) is 19.2 Å². The van der Waals surface area contributed by atoms with Crippen molar-refractivity contribution >= 4 is 56.8 Å². The first-order valence-electron chi connectivity index (χ1n) is 16.7. The predicted molar refractivity (Wildman–Crippen MR) is 190 cm³/mol. The smallest absolute Gasteiger partial charge is 0.338 e. The minimum atomic E-state index is -4.16. The van der Waals surface area contributed by atoms with E-state index < -0.39 is 45.4 Å². The Bertz CT molecular complexity index is 2130. The monoisotopic (exact) mass is 772 g/mol. The van der Waals surface area contributed by atoms with Crippen molar-refractivity contribution in [1.29, 1.82) is 0 Å². The lowest BCUT2D eigenvalue weighted by atomic mass is 10.1. The Morgan fingerprint density at radius 1 is 0.491 bits per heavy atom. The van der Waals surface area contributed by atoms with Crippen LogP contribution in [0.25, 0.3) is 0 Å². The largest absolute Gasteiger partial charge is 0.460 e. The lowest BCUT2D eigenvalue weighted by molar-refractivity contribution is 0.0253. The normalized spacial score (nSPS) is 13.6. The van der Waals surface area contributed by atoms with Crippen LogP contribution in [0.4, 0.5) is 11.4 Å². The van der Waals surface area contributed by atoms with E-state index in [1.165, 1.54) is 84.9 Å². The van der Waals surface area contributed by atoms with Gasteiger partial charge in [0.2, 0.25) is 9.84 Å². The second kappa shape index (κ2) is 16.5. The molecule has 0 atom stereocenters. The summed E-state index contributed by atoms with van der Waals surface area (Å²) in [4.78, 5) is 79.3. The Hall–Kier alpha value is -6.11. The molecule has 0 bridgehead atoms. The van der Waals surface area contributed by atoms with E-state index in [0.717, 1.165) is 9.80 Å². The van der Waals surface area contributed by atoms with Gasteiger partial charge < -0.3 is 29.2 Å². The molecule has 2 heterocycles. The number of hydrogen-bond acceptors (Lipinski definition) is 14. The van der Waals surface area contributed by atoms with E-state index in [1.54, 1.807) is 0 Å². The lowest BCUT2D eigenvalue weighted by Crippen LogP contribution is -2.29. The molecule has 4 aromatic carbocycles. The zero-order valence-corrected chi connectivity index (χ0v) is 29.7. The fraction of sp³-hybridized carbons (Fsp3) is 0.211. The molecule has 0 fully saturated rings. The van der Waals surface area contributed by atoms with Gasteiger partial charge in [0.25, 0.3) is 23.6 Å². The summed E-state index contributed by atoms with van der Waals surface area (Å²) in [6.45, 7) is -0.250. The van der Waals surface area contributed by atoms with Gasteiger partial charge in [0, 0.05) is 0 Å². The van der Waals surface area contributed by atoms with Crippen molar-refractivity contribution in [2.75, 3.05) is 62.7 Å². The molecule has 0 radical (unpaired) electrons. The van der Waals surface area contributed by atoms with E-state index in [2.05, 4.69) is 0 Å². The number of amides is 4. The number of aliphatic hydroxyl groups is 2. The first-order chi connectivity index (χ1) is 26.5. The van der Waals surface area contributed by atoms with E-state index in [1.807, 2.05) is 0 Å². The number of aliphatic hydroxyl groups excluding tert-OH is 2. The molecule has 2 aliphatic rings. The quantitative estimate of drug-likeness (QED) is 0.0950. The summed E-state index contributed by atoms with van der Waals surface area (Å²) in [5.41, 5.74) is 0.244. The fourth-order valence-electron chi connectivity index (χ4n) is 5.78. The number of benzene rings is 4. The average Bonchev–Trinajstić information content (AvgIpc) is 3.60. The second-order valence-corrected chi connectivity index (χ2v) is 13.8. The van der Waals surface area contributed by atoms with Crippen molar-refractivity contribution in [2.24, 2.45) is 0 Å². The van der Waals surface area contributed by atoms with Crippen LogP contribution < -0.4 is 9.80 Å². The average molecular weight is 773 g/mol. The maximum absolute atomic E-state index is 13.5. The van der Waals surface area contributed by atoms with Crippen LogP contribution in [0, 0.1) is 0 Å². The zero-order valence-electron chi connectivity index (χ0n) is 28.8. The van der Waals surface area contributed by atoms with Crippen LogP contribution in [0.1, 0.15) is 62.1 Å². The number of esters is 2. The molecule has 6 rings (SSSR count). The molecule has 0 saturated heterocycles. The third kappa shape index (κ3) is 7.78. The molecular weight excluding hydrogens is 740 g/mol. The minimum Gasteiger partial charge on any atom is -0.460 e. The number of carbonyl (C=O) groups is 6. The molecule has 55 heavy (non-hydrogen) atoms. The Balaban J connectivity index is 1.12. The zero-order chi connectivity index (χ0) is 39.3. The molecule has 2 aliphatic heterocycles. The summed E-state index contributed by atoms with van der Waals surface area (Å²) < 4.78 is 47.4. The van der Waals surface area contributed by atoms with Crippen molar-refractivity contribution in [3.8, 4) is 0 Å². The summed E-state index contributed by atoms with van der Waals surface area (Å²) >= 11 is 0. The van der Waals surface area contributed by atoms with Crippen molar-refractivity contribution in [3.63, 3.8) is 0 Å². The van der Waals surface area contributed by atoms with Gasteiger partial charge in [-0.2, -0.15) is 0 Å². The van der Waals surface area contributed by atoms with Crippen molar-refractivity contribution < 1.29 is 66.3 Å².